The van der Waals surface area contributed by atoms with Gasteiger partial charge in [0, 0.05) is 16.0 Å². The molecular formula is C11H10Br2ClNO. The molecule has 2 rings (SSSR count). The van der Waals surface area contributed by atoms with Crippen LogP contribution < -0.4 is 4.90 Å². The lowest BCUT2D eigenvalue weighted by atomic mass is 10.1. The first-order valence-electron chi connectivity index (χ1n) is 5.00. The van der Waals surface area contributed by atoms with E-state index in [1.54, 1.807) is 11.0 Å². The smallest absolute Gasteiger partial charge is 0.240 e. The minimum Gasteiger partial charge on any atom is -0.310 e. The van der Waals surface area contributed by atoms with Gasteiger partial charge in [0.2, 0.25) is 5.91 Å². The van der Waals surface area contributed by atoms with Gasteiger partial charge in [0.25, 0.3) is 0 Å². The van der Waals surface area contributed by atoms with Gasteiger partial charge in [-0.15, -0.1) is 0 Å². The van der Waals surface area contributed by atoms with Crippen LogP contribution in [0.3, 0.4) is 0 Å². The quantitative estimate of drug-likeness (QED) is 0.687. The zero-order valence-corrected chi connectivity index (χ0v) is 12.3. The Bertz CT molecular complexity index is 424. The Morgan fingerprint density at radius 2 is 2.19 bits per heavy atom. The summed E-state index contributed by atoms with van der Waals surface area (Å²) in [5.74, 6) is 0.120. The average Bonchev–Trinajstić information content (AvgIpc) is 2.23. The second kappa shape index (κ2) is 5.07. The van der Waals surface area contributed by atoms with E-state index >= 15 is 0 Å². The zero-order valence-electron chi connectivity index (χ0n) is 8.42. The Balaban J connectivity index is 2.32. The van der Waals surface area contributed by atoms with Gasteiger partial charge in [0.1, 0.15) is 0 Å². The lowest BCUT2D eigenvalue weighted by molar-refractivity contribution is -0.118. The van der Waals surface area contributed by atoms with Crippen LogP contribution in [-0.4, -0.2) is 17.3 Å². The molecule has 0 bridgehead atoms. The predicted octanol–water partition coefficient (Wildman–Crippen LogP) is 3.99. The summed E-state index contributed by atoms with van der Waals surface area (Å²) in [5, 5.41) is 0.662. The highest BCUT2D eigenvalue weighted by molar-refractivity contribution is 9.10. The fraction of sp³-hybridized carbons (Fsp3) is 0.364. The molecule has 1 saturated heterocycles. The van der Waals surface area contributed by atoms with Gasteiger partial charge in [0.05, 0.1) is 10.5 Å². The Morgan fingerprint density at radius 1 is 1.44 bits per heavy atom. The van der Waals surface area contributed by atoms with Crippen LogP contribution >= 0.6 is 43.5 Å². The molecule has 2 nitrogen and oxygen atoms in total. The SMILES string of the molecule is O=C1C(Br)CCCN1c1ccc(Cl)cc1Br. The van der Waals surface area contributed by atoms with Crippen LogP contribution in [0.1, 0.15) is 12.8 Å². The molecule has 0 radical (unpaired) electrons. The molecule has 0 saturated carbocycles. The van der Waals surface area contributed by atoms with Crippen molar-refractivity contribution in [2.24, 2.45) is 0 Å². The highest BCUT2D eigenvalue weighted by Crippen LogP contribution is 2.32. The van der Waals surface area contributed by atoms with E-state index in [4.69, 9.17) is 11.6 Å². The Kier molecular flexibility index (Phi) is 3.93. The molecule has 5 heteroatoms. The van der Waals surface area contributed by atoms with Crippen molar-refractivity contribution in [3.8, 4) is 0 Å². The summed E-state index contributed by atoms with van der Waals surface area (Å²) in [4.78, 5) is 13.7. The van der Waals surface area contributed by atoms with E-state index in [-0.39, 0.29) is 10.7 Å². The number of carbonyl (C=O) groups is 1. The van der Waals surface area contributed by atoms with Crippen molar-refractivity contribution in [3.63, 3.8) is 0 Å². The standard InChI is InChI=1S/C11H10Br2ClNO/c12-8-2-1-5-15(11(8)16)10-4-3-7(14)6-9(10)13/h3-4,6,8H,1-2,5H2. The number of hydrogen-bond acceptors (Lipinski definition) is 1. The number of piperidine rings is 1. The van der Waals surface area contributed by atoms with Crippen LogP contribution in [0, 0.1) is 0 Å². The second-order valence-electron chi connectivity index (χ2n) is 3.70. The number of anilines is 1. The first-order valence-corrected chi connectivity index (χ1v) is 7.09. The summed E-state index contributed by atoms with van der Waals surface area (Å²) in [6.45, 7) is 0.765. The summed E-state index contributed by atoms with van der Waals surface area (Å²) < 4.78 is 0.856. The van der Waals surface area contributed by atoms with Crippen LogP contribution in [0.2, 0.25) is 5.02 Å². The molecule has 1 aromatic carbocycles. The molecule has 1 aromatic rings. The molecule has 16 heavy (non-hydrogen) atoms. The molecule has 86 valence electrons. The van der Waals surface area contributed by atoms with Crippen molar-refractivity contribution in [3.05, 3.63) is 27.7 Å². The van der Waals surface area contributed by atoms with E-state index < -0.39 is 0 Å². The Morgan fingerprint density at radius 3 is 2.88 bits per heavy atom. The number of nitrogens with zero attached hydrogens (tertiary/aromatic N) is 1. The molecule has 0 aliphatic carbocycles. The molecule has 1 heterocycles. The third kappa shape index (κ3) is 2.44. The largest absolute Gasteiger partial charge is 0.310 e. The molecule has 0 aromatic heterocycles. The number of rotatable bonds is 1. The van der Waals surface area contributed by atoms with Gasteiger partial charge in [-0.3, -0.25) is 4.79 Å². The summed E-state index contributed by atoms with van der Waals surface area (Å²) in [6, 6.07) is 5.48. The van der Waals surface area contributed by atoms with E-state index in [2.05, 4.69) is 31.9 Å². The minimum absolute atomic E-state index is 0.0659. The number of amides is 1. The summed E-state index contributed by atoms with van der Waals surface area (Å²) in [6.07, 6.45) is 1.91. The van der Waals surface area contributed by atoms with Crippen molar-refractivity contribution in [1.29, 1.82) is 0 Å². The molecule has 1 unspecified atom stereocenters. The van der Waals surface area contributed by atoms with Crippen molar-refractivity contribution >= 4 is 55.1 Å². The summed E-state index contributed by atoms with van der Waals surface area (Å²) in [5.41, 5.74) is 0.888. The number of hydrogen-bond donors (Lipinski definition) is 0. The van der Waals surface area contributed by atoms with E-state index in [0.717, 1.165) is 29.5 Å². The first-order chi connectivity index (χ1) is 7.59. The van der Waals surface area contributed by atoms with Gasteiger partial charge >= 0.3 is 0 Å². The molecule has 1 atom stereocenters. The molecule has 1 aliphatic rings. The van der Waals surface area contributed by atoms with Gasteiger partial charge in [-0.25, -0.2) is 0 Å². The monoisotopic (exact) mass is 365 g/mol. The van der Waals surface area contributed by atoms with Crippen LogP contribution in [0.15, 0.2) is 22.7 Å². The third-order valence-electron chi connectivity index (χ3n) is 2.57. The minimum atomic E-state index is -0.0659. The van der Waals surface area contributed by atoms with Crippen LogP contribution in [0.25, 0.3) is 0 Å². The number of benzene rings is 1. The second-order valence-corrected chi connectivity index (χ2v) is 6.09. The van der Waals surface area contributed by atoms with E-state index in [1.807, 2.05) is 12.1 Å². The maximum absolute atomic E-state index is 12.0. The van der Waals surface area contributed by atoms with Gasteiger partial charge in [-0.1, -0.05) is 27.5 Å². The molecule has 1 fully saturated rings. The number of halogens is 3. The summed E-state index contributed by atoms with van der Waals surface area (Å²) >= 11 is 12.7. The topological polar surface area (TPSA) is 20.3 Å². The fourth-order valence-electron chi connectivity index (χ4n) is 1.77. The van der Waals surface area contributed by atoms with Gasteiger partial charge in [-0.2, -0.15) is 0 Å². The maximum atomic E-state index is 12.0. The molecule has 0 N–H and O–H groups in total. The highest BCUT2D eigenvalue weighted by Gasteiger charge is 2.28. The van der Waals surface area contributed by atoms with Gasteiger partial charge in [-0.05, 0) is 47.0 Å². The van der Waals surface area contributed by atoms with Crippen molar-refractivity contribution < 1.29 is 4.79 Å². The van der Waals surface area contributed by atoms with Gasteiger partial charge < -0.3 is 4.90 Å². The lowest BCUT2D eigenvalue weighted by Crippen LogP contribution is -2.41. The average molecular weight is 367 g/mol. The maximum Gasteiger partial charge on any atom is 0.240 e. The Hall–Kier alpha value is -0.0600. The van der Waals surface area contributed by atoms with E-state index in [0.29, 0.717) is 5.02 Å². The van der Waals surface area contributed by atoms with Gasteiger partial charge in [0.15, 0.2) is 0 Å². The van der Waals surface area contributed by atoms with Crippen molar-refractivity contribution in [1.82, 2.24) is 0 Å². The van der Waals surface area contributed by atoms with Crippen molar-refractivity contribution in [2.45, 2.75) is 17.7 Å². The van der Waals surface area contributed by atoms with E-state index in [9.17, 15) is 4.79 Å². The summed E-state index contributed by atoms with van der Waals surface area (Å²) in [7, 11) is 0. The predicted molar refractivity (Wildman–Crippen MR) is 73.5 cm³/mol. The zero-order chi connectivity index (χ0) is 11.7. The highest BCUT2D eigenvalue weighted by atomic mass is 79.9. The van der Waals surface area contributed by atoms with Crippen LogP contribution in [0.4, 0.5) is 5.69 Å². The fourth-order valence-corrected chi connectivity index (χ4v) is 3.24. The van der Waals surface area contributed by atoms with E-state index in [1.165, 1.54) is 0 Å². The first kappa shape index (κ1) is 12.4. The number of carbonyl (C=O) groups excluding carboxylic acids is 1. The molecule has 1 amide bonds. The van der Waals surface area contributed by atoms with Crippen molar-refractivity contribution in [2.75, 3.05) is 11.4 Å². The Labute approximate surface area is 116 Å². The molecule has 1 aliphatic heterocycles. The van der Waals surface area contributed by atoms with Crippen LogP contribution in [-0.2, 0) is 4.79 Å². The lowest BCUT2D eigenvalue weighted by Gasteiger charge is -2.30. The number of alkyl halides is 1. The third-order valence-corrected chi connectivity index (χ3v) is 4.29. The molecular weight excluding hydrogens is 357 g/mol. The molecule has 0 spiro atoms. The van der Waals surface area contributed by atoms with Crippen LogP contribution in [0.5, 0.6) is 0 Å². The normalized spacial score (nSPS) is 21.3.